The first-order valence-electron chi connectivity index (χ1n) is 5.98. The Balaban J connectivity index is 1.82. The number of rotatable bonds is 6. The number of amides is 1. The van der Waals surface area contributed by atoms with E-state index in [-0.39, 0.29) is 12.0 Å². The van der Waals surface area contributed by atoms with Gasteiger partial charge in [-0.3, -0.25) is 4.79 Å². The molecule has 4 nitrogen and oxygen atoms in total. The summed E-state index contributed by atoms with van der Waals surface area (Å²) in [5, 5.41) is 3.85. The number of aryl methyl sites for hydroxylation is 1. The smallest absolute Gasteiger partial charge is 0.249 e. The number of aromatic nitrogens is 1. The lowest BCUT2D eigenvalue weighted by atomic mass is 10.2. The monoisotopic (exact) mass is 254 g/mol. The zero-order valence-corrected chi connectivity index (χ0v) is 11.0. The Bertz CT molecular complexity index is 388. The van der Waals surface area contributed by atoms with Crippen LogP contribution in [0.15, 0.2) is 6.20 Å². The van der Waals surface area contributed by atoms with Crippen LogP contribution in [0.5, 0.6) is 0 Å². The standard InChI is InChI=1S/C12H18N2O2S/c1-3-9-6-13-10(17-9)7-14-12(15)11(16-2)8-4-5-8/h6,8,11H,3-5,7H2,1-2H3,(H,14,15)/t11-/m0/s1. The van der Waals surface area contributed by atoms with Gasteiger partial charge in [-0.2, -0.15) is 0 Å². The Labute approximate surface area is 105 Å². The highest BCUT2D eigenvalue weighted by molar-refractivity contribution is 7.11. The molecule has 1 atom stereocenters. The Morgan fingerprint density at radius 3 is 3.00 bits per heavy atom. The summed E-state index contributed by atoms with van der Waals surface area (Å²) >= 11 is 1.65. The van der Waals surface area contributed by atoms with Gasteiger partial charge in [0.25, 0.3) is 0 Å². The van der Waals surface area contributed by atoms with Crippen LogP contribution in [-0.4, -0.2) is 24.1 Å². The number of hydrogen-bond acceptors (Lipinski definition) is 4. The lowest BCUT2D eigenvalue weighted by molar-refractivity contribution is -0.132. The first-order valence-corrected chi connectivity index (χ1v) is 6.80. The maximum Gasteiger partial charge on any atom is 0.249 e. The van der Waals surface area contributed by atoms with Crippen molar-refractivity contribution in [3.63, 3.8) is 0 Å². The normalized spacial score (nSPS) is 16.8. The molecule has 0 radical (unpaired) electrons. The summed E-state index contributed by atoms with van der Waals surface area (Å²) in [5.74, 6) is 0.408. The second-order valence-corrected chi connectivity index (χ2v) is 5.49. The summed E-state index contributed by atoms with van der Waals surface area (Å²) in [5.41, 5.74) is 0. The summed E-state index contributed by atoms with van der Waals surface area (Å²) in [4.78, 5) is 17.4. The second kappa shape index (κ2) is 5.60. The Morgan fingerprint density at radius 1 is 1.71 bits per heavy atom. The van der Waals surface area contributed by atoms with Gasteiger partial charge in [0.05, 0.1) is 6.54 Å². The van der Waals surface area contributed by atoms with Crippen molar-refractivity contribution < 1.29 is 9.53 Å². The lowest BCUT2D eigenvalue weighted by Crippen LogP contribution is -2.36. The minimum atomic E-state index is -0.277. The fraction of sp³-hybridized carbons (Fsp3) is 0.667. The van der Waals surface area contributed by atoms with Gasteiger partial charge in [0, 0.05) is 18.2 Å². The van der Waals surface area contributed by atoms with E-state index >= 15 is 0 Å². The molecule has 1 aliphatic rings. The van der Waals surface area contributed by atoms with Crippen LogP contribution >= 0.6 is 11.3 Å². The quantitative estimate of drug-likeness (QED) is 0.841. The zero-order chi connectivity index (χ0) is 12.3. The van der Waals surface area contributed by atoms with Gasteiger partial charge in [0.1, 0.15) is 11.1 Å². The fourth-order valence-electron chi connectivity index (χ4n) is 1.77. The summed E-state index contributed by atoms with van der Waals surface area (Å²) < 4.78 is 5.22. The van der Waals surface area contributed by atoms with Gasteiger partial charge in [0.2, 0.25) is 5.91 Å². The fourth-order valence-corrected chi connectivity index (χ4v) is 2.57. The summed E-state index contributed by atoms with van der Waals surface area (Å²) in [6.07, 6.45) is 4.79. The molecule has 94 valence electrons. The van der Waals surface area contributed by atoms with Crippen molar-refractivity contribution in [1.82, 2.24) is 10.3 Å². The maximum absolute atomic E-state index is 11.8. The van der Waals surface area contributed by atoms with Crippen molar-refractivity contribution in [2.75, 3.05) is 7.11 Å². The molecule has 2 rings (SSSR count). The van der Waals surface area contributed by atoms with Crippen LogP contribution in [0.3, 0.4) is 0 Å². The molecule has 1 fully saturated rings. The van der Waals surface area contributed by atoms with Gasteiger partial charge in [0.15, 0.2) is 0 Å². The topological polar surface area (TPSA) is 51.2 Å². The summed E-state index contributed by atoms with van der Waals surface area (Å²) in [6, 6.07) is 0. The number of hydrogen-bond donors (Lipinski definition) is 1. The molecule has 0 unspecified atom stereocenters. The van der Waals surface area contributed by atoms with E-state index in [1.165, 1.54) is 4.88 Å². The molecule has 1 N–H and O–H groups in total. The molecule has 17 heavy (non-hydrogen) atoms. The number of carbonyl (C=O) groups excluding carboxylic acids is 1. The molecule has 0 saturated heterocycles. The number of thiazole rings is 1. The molecule has 0 aliphatic heterocycles. The average Bonchev–Trinajstić information content (AvgIpc) is 3.06. The molecular weight excluding hydrogens is 236 g/mol. The molecule has 1 saturated carbocycles. The van der Waals surface area contributed by atoms with E-state index in [1.54, 1.807) is 18.4 Å². The van der Waals surface area contributed by atoms with Crippen LogP contribution < -0.4 is 5.32 Å². The average molecular weight is 254 g/mol. The zero-order valence-electron chi connectivity index (χ0n) is 10.2. The van der Waals surface area contributed by atoms with Crippen molar-refractivity contribution in [3.05, 3.63) is 16.1 Å². The first-order chi connectivity index (χ1) is 8.24. The Morgan fingerprint density at radius 2 is 2.47 bits per heavy atom. The first kappa shape index (κ1) is 12.5. The van der Waals surface area contributed by atoms with Gasteiger partial charge in [-0.1, -0.05) is 6.92 Å². The number of nitrogens with one attached hydrogen (secondary N) is 1. The predicted octanol–water partition coefficient (Wildman–Crippen LogP) is 1.75. The van der Waals surface area contributed by atoms with Gasteiger partial charge in [-0.15, -0.1) is 11.3 Å². The Kier molecular flexibility index (Phi) is 4.12. The minimum absolute atomic E-state index is 0.0109. The molecule has 0 spiro atoms. The largest absolute Gasteiger partial charge is 0.371 e. The third-order valence-electron chi connectivity index (χ3n) is 2.93. The molecule has 1 amide bonds. The van der Waals surface area contributed by atoms with Crippen LogP contribution in [0.1, 0.15) is 29.7 Å². The third-order valence-corrected chi connectivity index (χ3v) is 4.07. The van der Waals surface area contributed by atoms with Crippen LogP contribution in [-0.2, 0) is 22.5 Å². The molecule has 1 aliphatic carbocycles. The van der Waals surface area contributed by atoms with E-state index in [2.05, 4.69) is 17.2 Å². The van der Waals surface area contributed by atoms with Crippen LogP contribution in [0.4, 0.5) is 0 Å². The van der Waals surface area contributed by atoms with Crippen LogP contribution in [0.25, 0.3) is 0 Å². The van der Waals surface area contributed by atoms with E-state index in [0.29, 0.717) is 12.5 Å². The van der Waals surface area contributed by atoms with Crippen LogP contribution in [0, 0.1) is 5.92 Å². The summed E-state index contributed by atoms with van der Waals surface area (Å²) in [6.45, 7) is 2.61. The molecule has 0 bridgehead atoms. The number of nitrogens with zero attached hydrogens (tertiary/aromatic N) is 1. The van der Waals surface area contributed by atoms with Gasteiger partial charge >= 0.3 is 0 Å². The molecule has 1 heterocycles. The minimum Gasteiger partial charge on any atom is -0.371 e. The third kappa shape index (κ3) is 3.26. The van der Waals surface area contributed by atoms with Crippen molar-refractivity contribution in [3.8, 4) is 0 Å². The number of carbonyl (C=O) groups is 1. The van der Waals surface area contributed by atoms with Crippen LogP contribution in [0.2, 0.25) is 0 Å². The van der Waals surface area contributed by atoms with Crippen molar-refractivity contribution in [2.45, 2.75) is 38.8 Å². The SMILES string of the molecule is CCc1cnc(CNC(=O)[C@@H](OC)C2CC2)s1. The van der Waals surface area contributed by atoms with Gasteiger partial charge in [-0.05, 0) is 25.2 Å². The lowest BCUT2D eigenvalue weighted by Gasteiger charge is -2.13. The van der Waals surface area contributed by atoms with Gasteiger partial charge < -0.3 is 10.1 Å². The molecule has 1 aromatic heterocycles. The van der Waals surface area contributed by atoms with Crippen molar-refractivity contribution >= 4 is 17.2 Å². The Hall–Kier alpha value is -0.940. The van der Waals surface area contributed by atoms with E-state index in [0.717, 1.165) is 24.3 Å². The number of ether oxygens (including phenoxy) is 1. The number of methoxy groups -OCH3 is 1. The highest BCUT2D eigenvalue weighted by Crippen LogP contribution is 2.34. The second-order valence-electron chi connectivity index (χ2n) is 4.29. The van der Waals surface area contributed by atoms with Crippen molar-refractivity contribution in [2.24, 2.45) is 5.92 Å². The molecule has 0 aromatic carbocycles. The van der Waals surface area contributed by atoms with Crippen molar-refractivity contribution in [1.29, 1.82) is 0 Å². The predicted molar refractivity (Wildman–Crippen MR) is 66.9 cm³/mol. The summed E-state index contributed by atoms with van der Waals surface area (Å²) in [7, 11) is 1.60. The van der Waals surface area contributed by atoms with Gasteiger partial charge in [-0.25, -0.2) is 4.98 Å². The van der Waals surface area contributed by atoms with E-state index < -0.39 is 0 Å². The van der Waals surface area contributed by atoms with E-state index in [1.807, 2.05) is 6.20 Å². The van der Waals surface area contributed by atoms with E-state index in [9.17, 15) is 4.79 Å². The highest BCUT2D eigenvalue weighted by Gasteiger charge is 2.36. The maximum atomic E-state index is 11.8. The molecular formula is C12H18N2O2S. The van der Waals surface area contributed by atoms with E-state index in [4.69, 9.17) is 4.74 Å². The molecule has 5 heteroatoms. The molecule has 1 aromatic rings. The highest BCUT2D eigenvalue weighted by atomic mass is 32.1.